The summed E-state index contributed by atoms with van der Waals surface area (Å²) in [7, 11) is 0. The summed E-state index contributed by atoms with van der Waals surface area (Å²) in [6.07, 6.45) is 0. The van der Waals surface area contributed by atoms with Crippen LogP contribution in [0.1, 0.15) is 29.4 Å². The lowest BCUT2D eigenvalue weighted by molar-refractivity contribution is 0.721. The third-order valence-corrected chi connectivity index (χ3v) is 3.20. The largest absolute Gasteiger partial charge is 0.322 e. The molecule has 2 aromatic rings. The molecule has 1 unspecified atom stereocenters. The van der Waals surface area contributed by atoms with Gasteiger partial charge in [-0.2, -0.15) is 0 Å². The summed E-state index contributed by atoms with van der Waals surface area (Å²) in [6.45, 7) is 6.07. The van der Waals surface area contributed by atoms with Crippen molar-refractivity contribution in [1.82, 2.24) is 14.6 Å². The van der Waals surface area contributed by atoms with Crippen LogP contribution < -0.4 is 5.73 Å². The molecule has 0 aliphatic heterocycles. The number of hydrogen-bond acceptors (Lipinski definition) is 4. The van der Waals surface area contributed by atoms with Crippen molar-refractivity contribution in [2.24, 2.45) is 5.73 Å². The predicted octanol–water partition coefficient (Wildman–Crippen LogP) is 1.43. The molecule has 13 heavy (non-hydrogen) atoms. The van der Waals surface area contributed by atoms with Gasteiger partial charge in [-0.25, -0.2) is 0 Å². The van der Waals surface area contributed by atoms with Crippen LogP contribution in [0.15, 0.2) is 0 Å². The Hall–Kier alpha value is -0.940. The summed E-state index contributed by atoms with van der Waals surface area (Å²) in [5.41, 5.74) is 6.98. The van der Waals surface area contributed by atoms with Crippen molar-refractivity contribution in [3.8, 4) is 0 Å². The van der Waals surface area contributed by atoms with Gasteiger partial charge in [0.2, 0.25) is 4.96 Å². The van der Waals surface area contributed by atoms with E-state index in [9.17, 15) is 0 Å². The highest BCUT2D eigenvalue weighted by molar-refractivity contribution is 7.17. The topological polar surface area (TPSA) is 56.2 Å². The molecule has 0 saturated carbocycles. The maximum Gasteiger partial charge on any atom is 0.216 e. The lowest BCUT2D eigenvalue weighted by atomic mass is 10.3. The first kappa shape index (κ1) is 8.65. The number of nitrogens with zero attached hydrogens (tertiary/aromatic N) is 3. The molecule has 0 aliphatic rings. The molecule has 0 aromatic carbocycles. The molecule has 2 heterocycles. The summed E-state index contributed by atoms with van der Waals surface area (Å²) >= 11 is 1.65. The van der Waals surface area contributed by atoms with Crippen LogP contribution >= 0.6 is 11.3 Å². The fraction of sp³-hybridized carbons (Fsp3) is 0.500. The van der Waals surface area contributed by atoms with Crippen LogP contribution in [0.2, 0.25) is 0 Å². The van der Waals surface area contributed by atoms with Gasteiger partial charge < -0.3 is 5.73 Å². The van der Waals surface area contributed by atoms with E-state index < -0.39 is 0 Å². The molecule has 1 atom stereocenters. The minimum absolute atomic E-state index is 0.0669. The molecule has 2 N–H and O–H groups in total. The predicted molar refractivity (Wildman–Crippen MR) is 52.9 cm³/mol. The van der Waals surface area contributed by atoms with E-state index in [1.54, 1.807) is 11.3 Å². The monoisotopic (exact) mass is 196 g/mol. The molecule has 2 rings (SSSR count). The number of nitrogens with two attached hydrogens (primary N) is 1. The van der Waals surface area contributed by atoms with Crippen molar-refractivity contribution >= 4 is 16.3 Å². The number of thiazole rings is 1. The van der Waals surface area contributed by atoms with Gasteiger partial charge in [0.15, 0.2) is 5.82 Å². The maximum absolute atomic E-state index is 5.78. The highest BCUT2D eigenvalue weighted by atomic mass is 32.1. The lowest BCUT2D eigenvalue weighted by Crippen LogP contribution is -2.10. The number of aromatic nitrogens is 3. The van der Waals surface area contributed by atoms with Crippen LogP contribution in [0, 0.1) is 13.8 Å². The number of hydrogen-bond donors (Lipinski definition) is 1. The van der Waals surface area contributed by atoms with Gasteiger partial charge in [0.1, 0.15) is 0 Å². The highest BCUT2D eigenvalue weighted by Gasteiger charge is 2.14. The van der Waals surface area contributed by atoms with E-state index in [2.05, 4.69) is 24.0 Å². The average molecular weight is 196 g/mol. The Morgan fingerprint density at radius 3 is 2.69 bits per heavy atom. The molecule has 0 saturated heterocycles. The second-order valence-electron chi connectivity index (χ2n) is 3.21. The quantitative estimate of drug-likeness (QED) is 0.750. The molecule has 70 valence electrons. The minimum Gasteiger partial charge on any atom is -0.322 e. The Morgan fingerprint density at radius 1 is 1.38 bits per heavy atom. The first-order valence-electron chi connectivity index (χ1n) is 4.18. The number of aryl methyl sites for hydroxylation is 2. The van der Waals surface area contributed by atoms with Crippen LogP contribution in [-0.4, -0.2) is 14.6 Å². The highest BCUT2D eigenvalue weighted by Crippen LogP contribution is 2.23. The molecular weight excluding hydrogens is 184 g/mol. The summed E-state index contributed by atoms with van der Waals surface area (Å²) in [6, 6.07) is -0.0669. The molecular formula is C8H12N4S. The standard InChI is InChI=1S/C8H12N4S/c1-4(9)7-10-11-8-12(7)5(2)6(3)13-8/h4H,9H2,1-3H3. The van der Waals surface area contributed by atoms with E-state index in [-0.39, 0.29) is 6.04 Å². The third kappa shape index (κ3) is 1.15. The molecule has 0 spiro atoms. The second-order valence-corrected chi connectivity index (χ2v) is 4.39. The van der Waals surface area contributed by atoms with Crippen LogP contribution in [0.4, 0.5) is 0 Å². The zero-order valence-electron chi connectivity index (χ0n) is 7.90. The van der Waals surface area contributed by atoms with Crippen LogP contribution in [0.25, 0.3) is 4.96 Å². The van der Waals surface area contributed by atoms with E-state index in [0.29, 0.717) is 0 Å². The van der Waals surface area contributed by atoms with E-state index in [0.717, 1.165) is 10.8 Å². The van der Waals surface area contributed by atoms with Crippen molar-refractivity contribution < 1.29 is 0 Å². The number of fused-ring (bicyclic) bond motifs is 1. The average Bonchev–Trinajstić information content (AvgIpc) is 2.55. The Kier molecular flexibility index (Phi) is 1.85. The van der Waals surface area contributed by atoms with Gasteiger partial charge in [-0.3, -0.25) is 4.40 Å². The van der Waals surface area contributed by atoms with Crippen LogP contribution in [0.5, 0.6) is 0 Å². The van der Waals surface area contributed by atoms with Crippen LogP contribution in [0.3, 0.4) is 0 Å². The van der Waals surface area contributed by atoms with E-state index in [4.69, 9.17) is 5.73 Å². The van der Waals surface area contributed by atoms with Gasteiger partial charge in [-0.05, 0) is 20.8 Å². The maximum atomic E-state index is 5.78. The molecule has 5 heteroatoms. The molecule has 0 radical (unpaired) electrons. The molecule has 0 fully saturated rings. The van der Waals surface area contributed by atoms with Gasteiger partial charge in [0, 0.05) is 10.6 Å². The minimum atomic E-state index is -0.0669. The fourth-order valence-corrected chi connectivity index (χ4v) is 2.24. The van der Waals surface area contributed by atoms with Gasteiger partial charge in [-0.15, -0.1) is 10.2 Å². The SMILES string of the molecule is Cc1sc2nnc(C(C)N)n2c1C. The smallest absolute Gasteiger partial charge is 0.216 e. The number of rotatable bonds is 1. The van der Waals surface area contributed by atoms with E-state index in [1.165, 1.54) is 10.6 Å². The Bertz CT molecular complexity index is 440. The molecule has 0 bridgehead atoms. The van der Waals surface area contributed by atoms with Gasteiger partial charge in [0.05, 0.1) is 6.04 Å². The van der Waals surface area contributed by atoms with Crippen molar-refractivity contribution in [2.45, 2.75) is 26.8 Å². The van der Waals surface area contributed by atoms with Crippen LogP contribution in [-0.2, 0) is 0 Å². The Morgan fingerprint density at radius 2 is 2.08 bits per heavy atom. The second kappa shape index (κ2) is 2.78. The summed E-state index contributed by atoms with van der Waals surface area (Å²) < 4.78 is 2.03. The van der Waals surface area contributed by atoms with Crippen molar-refractivity contribution in [3.05, 3.63) is 16.4 Å². The fourth-order valence-electron chi connectivity index (χ4n) is 1.33. The lowest BCUT2D eigenvalue weighted by Gasteiger charge is -2.01. The molecule has 0 amide bonds. The first-order chi connectivity index (χ1) is 6.11. The third-order valence-electron chi connectivity index (χ3n) is 2.15. The zero-order chi connectivity index (χ0) is 9.59. The zero-order valence-corrected chi connectivity index (χ0v) is 8.72. The van der Waals surface area contributed by atoms with Gasteiger partial charge in [0.25, 0.3) is 0 Å². The first-order valence-corrected chi connectivity index (χ1v) is 4.99. The van der Waals surface area contributed by atoms with Crippen molar-refractivity contribution in [3.63, 3.8) is 0 Å². The van der Waals surface area contributed by atoms with Crippen molar-refractivity contribution in [2.75, 3.05) is 0 Å². The van der Waals surface area contributed by atoms with Gasteiger partial charge >= 0.3 is 0 Å². The Labute approximate surface area is 80.4 Å². The summed E-state index contributed by atoms with van der Waals surface area (Å²) in [4.78, 5) is 2.20. The molecule has 4 nitrogen and oxygen atoms in total. The Balaban J connectivity index is 2.78. The van der Waals surface area contributed by atoms with E-state index >= 15 is 0 Å². The summed E-state index contributed by atoms with van der Waals surface area (Å²) in [5, 5.41) is 8.13. The molecule has 0 aliphatic carbocycles. The summed E-state index contributed by atoms with van der Waals surface area (Å²) in [5.74, 6) is 0.844. The van der Waals surface area contributed by atoms with E-state index in [1.807, 2.05) is 11.3 Å². The van der Waals surface area contributed by atoms with Gasteiger partial charge in [-0.1, -0.05) is 11.3 Å². The van der Waals surface area contributed by atoms with Crippen molar-refractivity contribution in [1.29, 1.82) is 0 Å². The molecule has 2 aromatic heterocycles. The normalized spacial score (nSPS) is 13.8.